The van der Waals surface area contributed by atoms with Gasteiger partial charge in [-0.05, 0) is 38.0 Å². The Bertz CT molecular complexity index is 727. The van der Waals surface area contributed by atoms with E-state index in [2.05, 4.69) is 18.8 Å². The lowest BCUT2D eigenvalue weighted by Crippen LogP contribution is -2.48. The van der Waals surface area contributed by atoms with E-state index in [4.69, 9.17) is 5.73 Å². The molecule has 0 radical (unpaired) electrons. The average Bonchev–Trinajstić information content (AvgIpc) is 3.15. The number of carbonyl (C=O) groups excluding carboxylic acids is 2. The van der Waals surface area contributed by atoms with Crippen molar-refractivity contribution in [3.8, 4) is 0 Å². The van der Waals surface area contributed by atoms with Gasteiger partial charge in [-0.25, -0.2) is 4.39 Å². The number of aliphatic hydroxyl groups excluding tert-OH is 2. The minimum Gasteiger partial charge on any atom is -0.394 e. The monoisotopic (exact) mass is 454 g/mol. The predicted molar refractivity (Wildman–Crippen MR) is 122 cm³/mol. The van der Waals surface area contributed by atoms with Crippen molar-refractivity contribution in [2.45, 2.75) is 77.7 Å². The summed E-state index contributed by atoms with van der Waals surface area (Å²) in [5, 5.41) is 19.9. The van der Waals surface area contributed by atoms with Gasteiger partial charge in [0.05, 0.1) is 24.5 Å². The van der Waals surface area contributed by atoms with Crippen LogP contribution in [-0.4, -0.2) is 88.6 Å². The van der Waals surface area contributed by atoms with Crippen molar-refractivity contribution in [2.75, 3.05) is 32.7 Å². The first-order chi connectivity index (χ1) is 15.2. The molecule has 1 aliphatic heterocycles. The molecular weight excluding hydrogens is 415 g/mol. The summed E-state index contributed by atoms with van der Waals surface area (Å²) in [4.78, 5) is 33.0. The number of aliphatic hydroxyl groups is 2. The van der Waals surface area contributed by atoms with E-state index in [0.29, 0.717) is 37.4 Å². The maximum absolute atomic E-state index is 13.8. The van der Waals surface area contributed by atoms with Crippen molar-refractivity contribution in [1.82, 2.24) is 9.80 Å². The largest absolute Gasteiger partial charge is 0.394 e. The van der Waals surface area contributed by atoms with Crippen LogP contribution in [0.3, 0.4) is 0 Å². The molecule has 2 amide bonds. The first kappa shape index (κ1) is 26.3. The molecule has 1 saturated carbocycles. The van der Waals surface area contributed by atoms with E-state index in [0.717, 1.165) is 19.3 Å². The average molecular weight is 455 g/mol. The molecule has 2 fully saturated rings. The van der Waals surface area contributed by atoms with Crippen LogP contribution >= 0.6 is 0 Å². The molecule has 9 heteroatoms. The highest BCUT2D eigenvalue weighted by Gasteiger charge is 2.34. The zero-order valence-electron chi connectivity index (χ0n) is 19.6. The fourth-order valence-corrected chi connectivity index (χ4v) is 4.06. The smallest absolute Gasteiger partial charge is 0.270 e. The van der Waals surface area contributed by atoms with E-state index in [-0.39, 0.29) is 43.4 Å². The summed E-state index contributed by atoms with van der Waals surface area (Å²) in [7, 11) is 0. The predicted octanol–water partition coefficient (Wildman–Crippen LogP) is 1.40. The highest BCUT2D eigenvalue weighted by atomic mass is 19.1. The molecule has 4 unspecified atom stereocenters. The van der Waals surface area contributed by atoms with Gasteiger partial charge in [-0.3, -0.25) is 14.6 Å². The second-order valence-corrected chi connectivity index (χ2v) is 8.95. The third-order valence-corrected chi connectivity index (χ3v) is 6.46. The molecule has 1 aliphatic carbocycles. The Morgan fingerprint density at radius 3 is 2.62 bits per heavy atom. The van der Waals surface area contributed by atoms with Gasteiger partial charge in [0, 0.05) is 25.2 Å². The number of amides is 2. The first-order valence-corrected chi connectivity index (χ1v) is 11.8. The molecule has 4 N–H and O–H groups in total. The van der Waals surface area contributed by atoms with Gasteiger partial charge in [0.25, 0.3) is 5.91 Å². The lowest BCUT2D eigenvalue weighted by molar-refractivity contribution is -0.131. The second kappa shape index (κ2) is 12.3. The molecule has 32 heavy (non-hydrogen) atoms. The number of nitrogens with zero attached hydrogens (tertiary/aromatic N) is 3. The first-order valence-electron chi connectivity index (χ1n) is 11.8. The lowest BCUT2D eigenvalue weighted by Gasteiger charge is -2.32. The van der Waals surface area contributed by atoms with Crippen molar-refractivity contribution in [2.24, 2.45) is 16.6 Å². The number of aliphatic imine (C=N–C) groups is 1. The summed E-state index contributed by atoms with van der Waals surface area (Å²) in [5.41, 5.74) is 6.75. The van der Waals surface area contributed by atoms with E-state index >= 15 is 0 Å². The van der Waals surface area contributed by atoms with Gasteiger partial charge in [-0.2, -0.15) is 0 Å². The van der Waals surface area contributed by atoms with Crippen molar-refractivity contribution in [3.63, 3.8) is 0 Å². The highest BCUT2D eigenvalue weighted by Crippen LogP contribution is 2.26. The SMILES string of the molecule is CCCN(CCC(C)CC)C(=O)CN=C1/C(=C(\N)C(=O)N2CCC(O)C(F)C2)CCC1O. The van der Waals surface area contributed by atoms with Gasteiger partial charge in [-0.1, -0.05) is 27.2 Å². The zero-order valence-corrected chi connectivity index (χ0v) is 19.6. The normalized spacial score (nSPS) is 27.5. The summed E-state index contributed by atoms with van der Waals surface area (Å²) in [6, 6.07) is 0. The lowest BCUT2D eigenvalue weighted by atomic mass is 10.0. The number of hydrogen-bond donors (Lipinski definition) is 3. The fraction of sp³-hybridized carbons (Fsp3) is 0.783. The summed E-state index contributed by atoms with van der Waals surface area (Å²) in [6.45, 7) is 7.51. The molecular formula is C23H39FN4O4. The van der Waals surface area contributed by atoms with Crippen LogP contribution in [0.2, 0.25) is 0 Å². The van der Waals surface area contributed by atoms with Crippen molar-refractivity contribution >= 4 is 17.5 Å². The standard InChI is InChI=1S/C23H39FN4O4/c1-4-10-27(11-8-15(3)5-2)20(31)13-26-22-16(6-7-19(22)30)21(25)23(32)28-12-9-18(29)17(24)14-28/h15,17-19,29-30H,4-14,25H2,1-3H3/b21-16-,26-22?. The maximum Gasteiger partial charge on any atom is 0.270 e. The topological polar surface area (TPSA) is 119 Å². The van der Waals surface area contributed by atoms with Crippen molar-refractivity contribution in [1.29, 1.82) is 0 Å². The number of rotatable bonds is 9. The van der Waals surface area contributed by atoms with Crippen LogP contribution < -0.4 is 5.73 Å². The van der Waals surface area contributed by atoms with Crippen molar-refractivity contribution in [3.05, 3.63) is 11.3 Å². The third kappa shape index (κ3) is 6.75. The molecule has 2 aliphatic rings. The van der Waals surface area contributed by atoms with E-state index in [1.54, 1.807) is 4.90 Å². The quantitative estimate of drug-likeness (QED) is 0.455. The second-order valence-electron chi connectivity index (χ2n) is 8.95. The molecule has 1 heterocycles. The Kier molecular flexibility index (Phi) is 10.1. The van der Waals surface area contributed by atoms with Gasteiger partial charge in [0.2, 0.25) is 5.91 Å². The summed E-state index contributed by atoms with van der Waals surface area (Å²) in [5.74, 6) is -0.106. The summed E-state index contributed by atoms with van der Waals surface area (Å²) in [6.07, 6.45) is 0.246. The van der Waals surface area contributed by atoms with E-state index in [1.165, 1.54) is 4.90 Å². The number of alkyl halides is 1. The third-order valence-electron chi connectivity index (χ3n) is 6.46. The number of nitrogens with two attached hydrogens (primary N) is 1. The van der Waals surface area contributed by atoms with Crippen molar-refractivity contribution < 1.29 is 24.2 Å². The number of piperidine rings is 1. The molecule has 182 valence electrons. The van der Waals surface area contributed by atoms with Crippen LogP contribution in [0.4, 0.5) is 4.39 Å². The number of carbonyl (C=O) groups is 2. The van der Waals surface area contributed by atoms with Gasteiger partial charge in [0.15, 0.2) is 0 Å². The fourth-order valence-electron chi connectivity index (χ4n) is 4.06. The Morgan fingerprint density at radius 2 is 2.00 bits per heavy atom. The van der Waals surface area contributed by atoms with Gasteiger partial charge in [-0.15, -0.1) is 0 Å². The molecule has 2 rings (SSSR count). The van der Waals surface area contributed by atoms with E-state index in [1.807, 2.05) is 6.92 Å². The Labute approximate surface area is 190 Å². The molecule has 0 bridgehead atoms. The van der Waals surface area contributed by atoms with Gasteiger partial charge in [0.1, 0.15) is 18.4 Å². The summed E-state index contributed by atoms with van der Waals surface area (Å²) >= 11 is 0. The molecule has 0 aromatic carbocycles. The summed E-state index contributed by atoms with van der Waals surface area (Å²) < 4.78 is 13.8. The van der Waals surface area contributed by atoms with Crippen LogP contribution in [-0.2, 0) is 9.59 Å². The molecule has 8 nitrogen and oxygen atoms in total. The molecule has 0 aromatic heterocycles. The van der Waals surface area contributed by atoms with Crippen LogP contribution in [0.15, 0.2) is 16.3 Å². The maximum atomic E-state index is 13.8. The highest BCUT2D eigenvalue weighted by molar-refractivity contribution is 6.11. The van der Waals surface area contributed by atoms with Gasteiger partial charge >= 0.3 is 0 Å². The minimum atomic E-state index is -1.51. The minimum absolute atomic E-state index is 0.0708. The Hall–Kier alpha value is -2.00. The Balaban J connectivity index is 2.12. The van der Waals surface area contributed by atoms with Crippen LogP contribution in [0.25, 0.3) is 0 Å². The molecule has 0 spiro atoms. The van der Waals surface area contributed by atoms with E-state index in [9.17, 15) is 24.2 Å². The van der Waals surface area contributed by atoms with Crippen LogP contribution in [0, 0.1) is 5.92 Å². The van der Waals surface area contributed by atoms with Gasteiger partial charge < -0.3 is 25.7 Å². The molecule has 0 aromatic rings. The zero-order chi connectivity index (χ0) is 23.8. The Morgan fingerprint density at radius 1 is 1.28 bits per heavy atom. The number of likely N-dealkylation sites (tertiary alicyclic amines) is 1. The molecule has 4 atom stereocenters. The number of hydrogen-bond acceptors (Lipinski definition) is 6. The molecule has 1 saturated heterocycles. The number of halogens is 1. The van der Waals surface area contributed by atoms with Crippen LogP contribution in [0.5, 0.6) is 0 Å². The van der Waals surface area contributed by atoms with E-state index < -0.39 is 24.3 Å². The van der Waals surface area contributed by atoms with Crippen LogP contribution in [0.1, 0.15) is 59.3 Å².